The predicted octanol–water partition coefficient (Wildman–Crippen LogP) is 3.34. The standard InChI is InChI=1S/C13H9BrF3N3O3/c1-6-4-10(20-23-6)19-12(22)11(21)18-7-2-3-9(14)8(5-7)13(15,16)17/h2-5H,1H3,(H,18,21)(H,19,20,22). The second-order valence-electron chi connectivity index (χ2n) is 4.42. The average Bonchev–Trinajstić information content (AvgIpc) is 2.85. The lowest BCUT2D eigenvalue weighted by Crippen LogP contribution is -2.29. The number of nitrogens with zero attached hydrogens (tertiary/aromatic N) is 1. The molecule has 0 aliphatic heterocycles. The molecule has 2 amide bonds. The topological polar surface area (TPSA) is 84.2 Å². The van der Waals surface area contributed by atoms with E-state index in [1.54, 1.807) is 6.92 Å². The Balaban J connectivity index is 2.09. The van der Waals surface area contributed by atoms with Gasteiger partial charge < -0.3 is 9.84 Å². The van der Waals surface area contributed by atoms with E-state index >= 15 is 0 Å². The van der Waals surface area contributed by atoms with Crippen molar-refractivity contribution in [2.24, 2.45) is 0 Å². The molecule has 0 saturated heterocycles. The quantitative estimate of drug-likeness (QED) is 0.768. The maximum absolute atomic E-state index is 12.8. The molecule has 1 aromatic heterocycles. The third-order valence-corrected chi connectivity index (χ3v) is 3.30. The molecule has 0 bridgehead atoms. The van der Waals surface area contributed by atoms with Crippen molar-refractivity contribution in [3.8, 4) is 0 Å². The van der Waals surface area contributed by atoms with Crippen LogP contribution in [0, 0.1) is 6.92 Å². The zero-order valence-electron chi connectivity index (χ0n) is 11.5. The molecule has 2 aromatic rings. The summed E-state index contributed by atoms with van der Waals surface area (Å²) in [5.74, 6) is -1.78. The second kappa shape index (κ2) is 6.41. The summed E-state index contributed by atoms with van der Waals surface area (Å²) < 4.78 is 42.8. The van der Waals surface area contributed by atoms with Crippen LogP contribution >= 0.6 is 15.9 Å². The summed E-state index contributed by atoms with van der Waals surface area (Å²) in [4.78, 5) is 23.3. The van der Waals surface area contributed by atoms with Gasteiger partial charge in [0.05, 0.1) is 5.56 Å². The van der Waals surface area contributed by atoms with E-state index in [1.807, 2.05) is 0 Å². The summed E-state index contributed by atoms with van der Waals surface area (Å²) in [5.41, 5.74) is -1.14. The van der Waals surface area contributed by atoms with Crippen LogP contribution in [0.5, 0.6) is 0 Å². The Hall–Kier alpha value is -2.36. The molecule has 0 fully saturated rings. The number of benzene rings is 1. The fourth-order valence-corrected chi connectivity index (χ4v) is 2.08. The van der Waals surface area contributed by atoms with Crippen molar-refractivity contribution in [2.45, 2.75) is 13.1 Å². The number of halogens is 4. The van der Waals surface area contributed by atoms with Gasteiger partial charge in [-0.3, -0.25) is 14.9 Å². The molecule has 2 rings (SSSR count). The van der Waals surface area contributed by atoms with Crippen molar-refractivity contribution in [1.29, 1.82) is 0 Å². The van der Waals surface area contributed by atoms with Crippen molar-refractivity contribution >= 4 is 39.2 Å². The fourth-order valence-electron chi connectivity index (χ4n) is 1.61. The zero-order chi connectivity index (χ0) is 17.2. The molecule has 0 aliphatic carbocycles. The van der Waals surface area contributed by atoms with Crippen LogP contribution in [-0.2, 0) is 15.8 Å². The SMILES string of the molecule is Cc1cc(NC(=O)C(=O)Nc2ccc(Br)c(C(F)(F)F)c2)no1. The summed E-state index contributed by atoms with van der Waals surface area (Å²) in [7, 11) is 0. The third-order valence-electron chi connectivity index (χ3n) is 2.61. The Labute approximate surface area is 136 Å². The minimum atomic E-state index is -4.60. The first-order valence-corrected chi connectivity index (χ1v) is 6.88. The van der Waals surface area contributed by atoms with Gasteiger partial charge in [-0.15, -0.1) is 0 Å². The summed E-state index contributed by atoms with van der Waals surface area (Å²) >= 11 is 2.78. The Morgan fingerprint density at radius 3 is 2.39 bits per heavy atom. The first-order valence-electron chi connectivity index (χ1n) is 6.09. The van der Waals surface area contributed by atoms with Crippen molar-refractivity contribution < 1.29 is 27.3 Å². The van der Waals surface area contributed by atoms with Crippen molar-refractivity contribution in [3.05, 3.63) is 40.1 Å². The molecule has 0 atom stereocenters. The molecule has 0 saturated carbocycles. The second-order valence-corrected chi connectivity index (χ2v) is 5.28. The van der Waals surface area contributed by atoms with Crippen LogP contribution in [0.1, 0.15) is 11.3 Å². The van der Waals surface area contributed by atoms with E-state index in [4.69, 9.17) is 4.52 Å². The maximum atomic E-state index is 12.8. The third kappa shape index (κ3) is 4.31. The number of alkyl halides is 3. The van der Waals surface area contributed by atoms with Gasteiger partial charge in [0, 0.05) is 16.2 Å². The number of hydrogen-bond donors (Lipinski definition) is 2. The Bertz CT molecular complexity index is 758. The Morgan fingerprint density at radius 1 is 1.17 bits per heavy atom. The van der Waals surface area contributed by atoms with Gasteiger partial charge in [-0.25, -0.2) is 0 Å². The first kappa shape index (κ1) is 17.0. The van der Waals surface area contributed by atoms with E-state index in [1.165, 1.54) is 12.1 Å². The van der Waals surface area contributed by atoms with E-state index in [-0.39, 0.29) is 16.0 Å². The summed E-state index contributed by atoms with van der Waals surface area (Å²) in [5, 5.41) is 7.69. The minimum absolute atomic E-state index is 0.0226. The van der Waals surface area contributed by atoms with Crippen LogP contribution in [0.4, 0.5) is 24.7 Å². The first-order chi connectivity index (χ1) is 10.7. The molecule has 23 heavy (non-hydrogen) atoms. The monoisotopic (exact) mass is 391 g/mol. The number of carbonyl (C=O) groups is 2. The fraction of sp³-hybridized carbons (Fsp3) is 0.154. The molecule has 1 heterocycles. The molecule has 1 aromatic carbocycles. The van der Waals surface area contributed by atoms with Crippen LogP contribution in [-0.4, -0.2) is 17.0 Å². The highest BCUT2D eigenvalue weighted by atomic mass is 79.9. The van der Waals surface area contributed by atoms with E-state index in [9.17, 15) is 22.8 Å². The number of aryl methyl sites for hydroxylation is 1. The lowest BCUT2D eigenvalue weighted by atomic mass is 10.2. The molecular formula is C13H9BrF3N3O3. The number of carbonyl (C=O) groups excluding carboxylic acids is 2. The van der Waals surface area contributed by atoms with Crippen molar-refractivity contribution in [3.63, 3.8) is 0 Å². The maximum Gasteiger partial charge on any atom is 0.417 e. The smallest absolute Gasteiger partial charge is 0.360 e. The van der Waals surface area contributed by atoms with E-state index in [0.717, 1.165) is 12.1 Å². The summed E-state index contributed by atoms with van der Waals surface area (Å²) in [6, 6.07) is 4.45. The molecule has 122 valence electrons. The number of nitrogens with one attached hydrogen (secondary N) is 2. The Morgan fingerprint density at radius 2 is 1.83 bits per heavy atom. The molecule has 0 unspecified atom stereocenters. The van der Waals surface area contributed by atoms with Crippen LogP contribution in [0.3, 0.4) is 0 Å². The number of hydrogen-bond acceptors (Lipinski definition) is 4. The van der Waals surface area contributed by atoms with Gasteiger partial charge in [-0.05, 0) is 25.1 Å². The molecule has 10 heteroatoms. The van der Waals surface area contributed by atoms with Gasteiger partial charge in [-0.1, -0.05) is 21.1 Å². The van der Waals surface area contributed by atoms with E-state index in [0.29, 0.717) is 5.76 Å². The van der Waals surface area contributed by atoms with Crippen LogP contribution in [0.2, 0.25) is 0 Å². The molecule has 2 N–H and O–H groups in total. The number of anilines is 2. The number of amides is 2. The molecular weight excluding hydrogens is 383 g/mol. The van der Waals surface area contributed by atoms with Crippen molar-refractivity contribution in [1.82, 2.24) is 5.16 Å². The molecule has 0 aliphatic rings. The van der Waals surface area contributed by atoms with Gasteiger partial charge in [0.15, 0.2) is 5.82 Å². The highest BCUT2D eigenvalue weighted by molar-refractivity contribution is 9.10. The molecule has 0 radical (unpaired) electrons. The highest BCUT2D eigenvalue weighted by Gasteiger charge is 2.33. The number of aromatic nitrogens is 1. The summed E-state index contributed by atoms with van der Waals surface area (Å²) in [6.07, 6.45) is -4.60. The van der Waals surface area contributed by atoms with Gasteiger partial charge in [0.25, 0.3) is 0 Å². The van der Waals surface area contributed by atoms with Gasteiger partial charge in [0.1, 0.15) is 5.76 Å². The highest BCUT2D eigenvalue weighted by Crippen LogP contribution is 2.36. The molecule has 0 spiro atoms. The predicted molar refractivity (Wildman–Crippen MR) is 77.6 cm³/mol. The van der Waals surface area contributed by atoms with Gasteiger partial charge in [0.2, 0.25) is 0 Å². The van der Waals surface area contributed by atoms with Crippen LogP contribution in [0.15, 0.2) is 33.3 Å². The lowest BCUT2D eigenvalue weighted by Gasteiger charge is -2.11. The van der Waals surface area contributed by atoms with Crippen LogP contribution in [0.25, 0.3) is 0 Å². The normalized spacial score (nSPS) is 11.2. The van der Waals surface area contributed by atoms with Gasteiger partial charge in [-0.2, -0.15) is 13.2 Å². The average molecular weight is 392 g/mol. The largest absolute Gasteiger partial charge is 0.417 e. The lowest BCUT2D eigenvalue weighted by molar-refractivity contribution is -0.138. The minimum Gasteiger partial charge on any atom is -0.360 e. The van der Waals surface area contributed by atoms with Crippen molar-refractivity contribution in [2.75, 3.05) is 10.6 Å². The molecule has 6 nitrogen and oxygen atoms in total. The van der Waals surface area contributed by atoms with Gasteiger partial charge >= 0.3 is 18.0 Å². The zero-order valence-corrected chi connectivity index (χ0v) is 13.1. The van der Waals surface area contributed by atoms with E-state index in [2.05, 4.69) is 31.7 Å². The summed E-state index contributed by atoms with van der Waals surface area (Å²) in [6.45, 7) is 1.59. The Kier molecular flexibility index (Phi) is 4.73. The van der Waals surface area contributed by atoms with E-state index < -0.39 is 23.6 Å². The van der Waals surface area contributed by atoms with Crippen LogP contribution < -0.4 is 10.6 Å². The number of rotatable bonds is 2.